The summed E-state index contributed by atoms with van der Waals surface area (Å²) in [5.41, 5.74) is 1.59. The van der Waals surface area contributed by atoms with Crippen LogP contribution in [0.5, 0.6) is 0 Å². The number of hydrogen-bond donors (Lipinski definition) is 1. The number of amides is 2. The van der Waals surface area contributed by atoms with Crippen LogP contribution in [0.1, 0.15) is 18.5 Å². The van der Waals surface area contributed by atoms with E-state index in [4.69, 9.17) is 4.74 Å². The number of aryl methyl sites for hydroxylation is 1. The lowest BCUT2D eigenvalue weighted by Crippen LogP contribution is -2.49. The van der Waals surface area contributed by atoms with Gasteiger partial charge in [0.15, 0.2) is 0 Å². The summed E-state index contributed by atoms with van der Waals surface area (Å²) in [6.45, 7) is 5.59. The average Bonchev–Trinajstić information content (AvgIpc) is 3.01. The lowest BCUT2D eigenvalue weighted by molar-refractivity contribution is 0.0241. The minimum atomic E-state index is -0.414. The quantitative estimate of drug-likeness (QED) is 0.860. The molecule has 0 aliphatic carbocycles. The predicted molar refractivity (Wildman–Crippen MR) is 110 cm³/mol. The summed E-state index contributed by atoms with van der Waals surface area (Å²) >= 11 is 0. The van der Waals surface area contributed by atoms with Gasteiger partial charge >= 0.3 is 6.03 Å². The summed E-state index contributed by atoms with van der Waals surface area (Å²) in [4.78, 5) is 16.8. The molecule has 1 aromatic carbocycles. The Morgan fingerprint density at radius 3 is 2.69 bits per heavy atom. The Bertz CT molecular complexity index is 845. The second kappa shape index (κ2) is 8.55. The van der Waals surface area contributed by atoms with E-state index in [-0.39, 0.29) is 17.1 Å². The zero-order chi connectivity index (χ0) is 20.3. The third kappa shape index (κ3) is 4.62. The number of nitrogens with zero attached hydrogens (tertiary/aromatic N) is 3. The molecule has 156 valence electrons. The van der Waals surface area contributed by atoms with Gasteiger partial charge in [0.25, 0.3) is 0 Å². The van der Waals surface area contributed by atoms with Crippen molar-refractivity contribution >= 4 is 11.7 Å². The number of ether oxygens (including phenoxy) is 1. The predicted octanol–water partition coefficient (Wildman–Crippen LogP) is 3.31. The number of benzene rings is 1. The lowest BCUT2D eigenvalue weighted by atomic mass is 9.78. The molecular weight excluding hydrogens is 371 g/mol. The molecule has 1 N–H and O–H groups in total. The fourth-order valence-corrected chi connectivity index (χ4v) is 4.35. The van der Waals surface area contributed by atoms with Gasteiger partial charge in [-0.25, -0.2) is 9.18 Å². The summed E-state index contributed by atoms with van der Waals surface area (Å²) in [6, 6.07) is 10.3. The number of hydrogen-bond acceptors (Lipinski definition) is 3. The fourth-order valence-electron chi connectivity index (χ4n) is 4.35. The van der Waals surface area contributed by atoms with Crippen molar-refractivity contribution in [1.82, 2.24) is 14.4 Å². The lowest BCUT2D eigenvalue weighted by Gasteiger charge is -2.42. The van der Waals surface area contributed by atoms with Crippen molar-refractivity contribution in [2.45, 2.75) is 19.4 Å². The molecule has 29 heavy (non-hydrogen) atoms. The van der Waals surface area contributed by atoms with Crippen LogP contribution in [0.25, 0.3) is 0 Å². The van der Waals surface area contributed by atoms with Crippen molar-refractivity contribution in [1.29, 1.82) is 0 Å². The highest BCUT2D eigenvalue weighted by Gasteiger charge is 2.39. The molecule has 2 aromatic rings. The van der Waals surface area contributed by atoms with Gasteiger partial charge in [0.1, 0.15) is 5.82 Å². The molecule has 2 fully saturated rings. The zero-order valence-electron chi connectivity index (χ0n) is 16.9. The van der Waals surface area contributed by atoms with Crippen molar-refractivity contribution in [2.75, 3.05) is 44.7 Å². The van der Waals surface area contributed by atoms with Crippen molar-refractivity contribution in [3.8, 4) is 0 Å². The summed E-state index contributed by atoms with van der Waals surface area (Å²) in [6.07, 6.45) is 3.86. The Morgan fingerprint density at radius 2 is 1.97 bits per heavy atom. The first-order chi connectivity index (χ1) is 14.0. The van der Waals surface area contributed by atoms with Crippen LogP contribution in [0.15, 0.2) is 42.6 Å². The highest BCUT2D eigenvalue weighted by Crippen LogP contribution is 2.35. The molecule has 2 aliphatic heterocycles. The molecule has 1 aromatic heterocycles. The summed E-state index contributed by atoms with van der Waals surface area (Å²) < 4.78 is 21.9. The van der Waals surface area contributed by atoms with Gasteiger partial charge in [-0.1, -0.05) is 12.1 Å². The van der Waals surface area contributed by atoms with Crippen LogP contribution < -0.4 is 5.32 Å². The Kier molecular flexibility index (Phi) is 5.87. The van der Waals surface area contributed by atoms with Crippen LogP contribution in [0.2, 0.25) is 0 Å². The van der Waals surface area contributed by atoms with Gasteiger partial charge in [-0.2, -0.15) is 0 Å². The molecule has 0 saturated carbocycles. The normalized spacial score (nSPS) is 19.9. The van der Waals surface area contributed by atoms with Crippen LogP contribution in [-0.4, -0.2) is 59.8 Å². The highest BCUT2D eigenvalue weighted by atomic mass is 19.1. The summed E-state index contributed by atoms with van der Waals surface area (Å²) in [5, 5.41) is 2.70. The maximum atomic E-state index is 13.8. The minimum Gasteiger partial charge on any atom is -0.379 e. The highest BCUT2D eigenvalue weighted by molar-refractivity contribution is 5.89. The molecule has 6 nitrogen and oxygen atoms in total. The van der Waals surface area contributed by atoms with Crippen LogP contribution in [-0.2, 0) is 18.3 Å². The number of carbonyl (C=O) groups is 1. The number of para-hydroxylation sites is 1. The summed E-state index contributed by atoms with van der Waals surface area (Å²) in [7, 11) is 2.08. The van der Waals surface area contributed by atoms with E-state index < -0.39 is 5.82 Å². The molecule has 1 spiro atoms. The topological polar surface area (TPSA) is 49.7 Å². The molecule has 4 rings (SSSR count). The van der Waals surface area contributed by atoms with E-state index in [2.05, 4.69) is 40.2 Å². The maximum Gasteiger partial charge on any atom is 0.321 e. The van der Waals surface area contributed by atoms with Crippen molar-refractivity contribution in [2.24, 2.45) is 12.5 Å². The van der Waals surface area contributed by atoms with Crippen molar-refractivity contribution in [3.05, 3.63) is 54.1 Å². The van der Waals surface area contributed by atoms with Crippen LogP contribution in [0.3, 0.4) is 0 Å². The second-order valence-electron chi connectivity index (χ2n) is 8.27. The third-order valence-corrected chi connectivity index (χ3v) is 6.18. The average molecular weight is 400 g/mol. The van der Waals surface area contributed by atoms with Crippen LogP contribution in [0.4, 0.5) is 14.9 Å². The van der Waals surface area contributed by atoms with E-state index in [0.717, 1.165) is 45.7 Å². The first kappa shape index (κ1) is 19.9. The molecule has 0 bridgehead atoms. The van der Waals surface area contributed by atoms with Crippen molar-refractivity contribution in [3.63, 3.8) is 0 Å². The minimum absolute atomic E-state index is 0.0659. The molecule has 2 amide bonds. The largest absolute Gasteiger partial charge is 0.379 e. The van der Waals surface area contributed by atoms with E-state index >= 15 is 0 Å². The smallest absolute Gasteiger partial charge is 0.321 e. The molecule has 0 unspecified atom stereocenters. The van der Waals surface area contributed by atoms with Gasteiger partial charge in [-0.15, -0.1) is 0 Å². The van der Waals surface area contributed by atoms with Crippen molar-refractivity contribution < 1.29 is 13.9 Å². The van der Waals surface area contributed by atoms with E-state index in [9.17, 15) is 9.18 Å². The number of halogens is 1. The van der Waals surface area contributed by atoms with Gasteiger partial charge in [0, 0.05) is 57.1 Å². The molecule has 7 heteroatoms. The zero-order valence-corrected chi connectivity index (χ0v) is 16.9. The molecule has 2 saturated heterocycles. The molecular formula is C22H29FN4O2. The first-order valence-corrected chi connectivity index (χ1v) is 10.3. The maximum absolute atomic E-state index is 13.8. The van der Waals surface area contributed by atoms with Gasteiger partial charge < -0.3 is 19.5 Å². The van der Waals surface area contributed by atoms with E-state index in [1.54, 1.807) is 23.1 Å². The molecule has 0 radical (unpaired) electrons. The third-order valence-electron chi connectivity index (χ3n) is 6.18. The first-order valence-electron chi connectivity index (χ1n) is 10.3. The van der Waals surface area contributed by atoms with E-state index in [1.165, 1.54) is 11.8 Å². The monoisotopic (exact) mass is 400 g/mol. The van der Waals surface area contributed by atoms with Gasteiger partial charge in [-0.3, -0.25) is 4.90 Å². The van der Waals surface area contributed by atoms with Gasteiger partial charge in [0.2, 0.25) is 0 Å². The number of nitrogens with one attached hydrogen (secondary N) is 1. The summed E-state index contributed by atoms with van der Waals surface area (Å²) in [5.74, 6) is -0.414. The van der Waals surface area contributed by atoms with Gasteiger partial charge in [-0.05, 0) is 37.1 Å². The number of piperidine rings is 1. The number of rotatable bonds is 3. The Morgan fingerprint density at radius 1 is 1.17 bits per heavy atom. The van der Waals surface area contributed by atoms with Crippen LogP contribution in [0, 0.1) is 11.2 Å². The standard InChI is InChI=1S/C22H29FN4O2/c1-25-10-4-5-18(25)15-26-13-14-29-17-22(16-26)8-11-27(12-9-22)21(28)24-20-7-3-2-6-19(20)23/h2-7,10H,8-9,11-17H2,1H3,(H,24,28). The van der Waals surface area contributed by atoms with Crippen LogP contribution >= 0.6 is 0 Å². The number of likely N-dealkylation sites (tertiary alicyclic amines) is 1. The molecule has 2 aliphatic rings. The molecule has 3 heterocycles. The Hall–Kier alpha value is -2.38. The van der Waals surface area contributed by atoms with E-state index in [1.807, 2.05) is 0 Å². The molecule has 0 atom stereocenters. The van der Waals surface area contributed by atoms with E-state index in [0.29, 0.717) is 13.1 Å². The number of carbonyl (C=O) groups excluding carboxylic acids is 1. The number of urea groups is 1. The Balaban J connectivity index is 1.36. The Labute approximate surface area is 171 Å². The fraction of sp³-hybridized carbons (Fsp3) is 0.500. The number of aromatic nitrogens is 1. The number of anilines is 1. The SMILES string of the molecule is Cn1cccc1CN1CCOCC2(CCN(C(=O)Nc3ccccc3F)CC2)C1. The van der Waals surface area contributed by atoms with Gasteiger partial charge in [0.05, 0.1) is 18.9 Å². The second-order valence-corrected chi connectivity index (χ2v) is 8.27.